The molecule has 0 radical (unpaired) electrons. The molecule has 21 heavy (non-hydrogen) atoms. The van der Waals surface area contributed by atoms with Gasteiger partial charge < -0.3 is 9.30 Å². The molecule has 0 bridgehead atoms. The molecular formula is C17H25ClN2O. The average molecular weight is 309 g/mol. The Morgan fingerprint density at radius 3 is 2.67 bits per heavy atom. The summed E-state index contributed by atoms with van der Waals surface area (Å²) in [4.78, 5) is 4.48. The minimum absolute atomic E-state index is 0. The molecule has 0 unspecified atom stereocenters. The predicted molar refractivity (Wildman–Crippen MR) is 89.5 cm³/mol. The van der Waals surface area contributed by atoms with Gasteiger partial charge >= 0.3 is 0 Å². The van der Waals surface area contributed by atoms with E-state index in [9.17, 15) is 0 Å². The fourth-order valence-electron chi connectivity index (χ4n) is 2.70. The van der Waals surface area contributed by atoms with E-state index in [0.29, 0.717) is 5.92 Å². The molecule has 1 saturated carbocycles. The number of pyridine rings is 1. The van der Waals surface area contributed by atoms with E-state index >= 15 is 0 Å². The minimum Gasteiger partial charge on any atom is -0.476 e. The smallest absolute Gasteiger partial charge is 0.238 e. The van der Waals surface area contributed by atoms with Crippen LogP contribution in [0.1, 0.15) is 37.9 Å². The molecule has 0 spiro atoms. The first-order valence-corrected chi connectivity index (χ1v) is 7.65. The third-order valence-corrected chi connectivity index (χ3v) is 4.20. The van der Waals surface area contributed by atoms with Gasteiger partial charge in [0.25, 0.3) is 0 Å². The van der Waals surface area contributed by atoms with Gasteiger partial charge in [-0.05, 0) is 50.2 Å². The molecular weight excluding hydrogens is 284 g/mol. The molecule has 0 atom stereocenters. The highest BCUT2D eigenvalue weighted by atomic mass is 35.5. The van der Waals surface area contributed by atoms with Crippen LogP contribution in [0.3, 0.4) is 0 Å². The highest BCUT2D eigenvalue weighted by Gasteiger charge is 2.25. The van der Waals surface area contributed by atoms with Crippen molar-refractivity contribution >= 4 is 23.3 Å². The van der Waals surface area contributed by atoms with Gasteiger partial charge in [0.2, 0.25) is 5.88 Å². The first-order valence-electron chi connectivity index (χ1n) is 7.65. The zero-order valence-electron chi connectivity index (χ0n) is 13.3. The van der Waals surface area contributed by atoms with E-state index in [1.54, 1.807) is 0 Å². The molecule has 1 aliphatic carbocycles. The Morgan fingerprint density at radius 1 is 1.33 bits per heavy atom. The first-order chi connectivity index (χ1) is 9.58. The molecule has 2 heterocycles. The van der Waals surface area contributed by atoms with Crippen LogP contribution in [-0.4, -0.2) is 16.2 Å². The van der Waals surface area contributed by atoms with Crippen molar-refractivity contribution in [1.29, 1.82) is 0 Å². The van der Waals surface area contributed by atoms with E-state index in [-0.39, 0.29) is 12.4 Å². The number of ether oxygens (including phenoxy) is 1. The number of aromatic nitrogens is 2. The zero-order valence-corrected chi connectivity index (χ0v) is 14.2. The van der Waals surface area contributed by atoms with Gasteiger partial charge in [-0.15, -0.1) is 12.4 Å². The van der Waals surface area contributed by atoms with Gasteiger partial charge in [0.1, 0.15) is 5.52 Å². The maximum absolute atomic E-state index is 5.96. The van der Waals surface area contributed by atoms with E-state index in [1.807, 2.05) is 6.20 Å². The van der Waals surface area contributed by atoms with Crippen LogP contribution in [0.5, 0.6) is 5.88 Å². The Balaban J connectivity index is 0.00000161. The largest absolute Gasteiger partial charge is 0.476 e. The van der Waals surface area contributed by atoms with E-state index < -0.39 is 0 Å². The molecule has 2 aromatic rings. The molecule has 0 aromatic carbocycles. The second kappa shape index (κ2) is 6.27. The summed E-state index contributed by atoms with van der Waals surface area (Å²) >= 11 is 0. The highest BCUT2D eigenvalue weighted by molar-refractivity contribution is 5.88. The molecule has 116 valence electrons. The summed E-state index contributed by atoms with van der Waals surface area (Å²) in [5, 5.41) is 1.29. The zero-order chi connectivity index (χ0) is 14.3. The van der Waals surface area contributed by atoms with E-state index in [2.05, 4.69) is 43.3 Å². The molecule has 2 aromatic heterocycles. The molecule has 0 N–H and O–H groups in total. The average Bonchev–Trinajstić information content (AvgIpc) is 3.20. The fourth-order valence-corrected chi connectivity index (χ4v) is 2.70. The fraction of sp³-hybridized carbons (Fsp3) is 0.588. The van der Waals surface area contributed by atoms with Crippen molar-refractivity contribution in [2.24, 2.45) is 11.8 Å². The number of rotatable bonds is 5. The van der Waals surface area contributed by atoms with Crippen LogP contribution < -0.4 is 4.74 Å². The standard InChI is InChI=1S/C17H24N2O.ClH/c1-11(2)10-20-17-16-15(7-8-18-17)12(3)13(4)19(16)9-14-5-6-14;/h7-8,11,14H,5-6,9-10H2,1-4H3;1H. The van der Waals surface area contributed by atoms with Crippen LogP contribution >= 0.6 is 12.4 Å². The molecule has 0 saturated heterocycles. The Kier molecular flexibility index (Phi) is 4.82. The van der Waals surface area contributed by atoms with Gasteiger partial charge in [0.05, 0.1) is 6.61 Å². The Labute approximate surface area is 133 Å². The minimum atomic E-state index is 0. The Morgan fingerprint density at radius 2 is 2.05 bits per heavy atom. The van der Waals surface area contributed by atoms with Crippen molar-refractivity contribution in [2.75, 3.05) is 6.61 Å². The van der Waals surface area contributed by atoms with Crippen molar-refractivity contribution in [1.82, 2.24) is 9.55 Å². The number of aryl methyl sites for hydroxylation is 1. The van der Waals surface area contributed by atoms with Crippen molar-refractivity contribution in [2.45, 2.75) is 47.1 Å². The van der Waals surface area contributed by atoms with Crippen molar-refractivity contribution in [3.05, 3.63) is 23.5 Å². The van der Waals surface area contributed by atoms with Crippen LogP contribution in [0.4, 0.5) is 0 Å². The van der Waals surface area contributed by atoms with Crippen LogP contribution in [-0.2, 0) is 6.54 Å². The van der Waals surface area contributed by atoms with Crippen LogP contribution in [0.2, 0.25) is 0 Å². The molecule has 0 aliphatic heterocycles. The summed E-state index contributed by atoms with van der Waals surface area (Å²) < 4.78 is 8.38. The van der Waals surface area contributed by atoms with Gasteiger partial charge in [-0.25, -0.2) is 4.98 Å². The summed E-state index contributed by atoms with van der Waals surface area (Å²) in [6.07, 6.45) is 4.59. The quantitative estimate of drug-likeness (QED) is 0.812. The first kappa shape index (κ1) is 16.2. The van der Waals surface area contributed by atoms with Crippen molar-refractivity contribution in [3.8, 4) is 5.88 Å². The molecule has 1 aliphatic rings. The van der Waals surface area contributed by atoms with Crippen molar-refractivity contribution < 1.29 is 4.74 Å². The lowest BCUT2D eigenvalue weighted by Crippen LogP contribution is -2.08. The van der Waals surface area contributed by atoms with Crippen LogP contribution in [0.15, 0.2) is 12.3 Å². The monoisotopic (exact) mass is 308 g/mol. The Hall–Kier alpha value is -1.22. The Bertz CT molecular complexity index is 629. The number of nitrogens with zero attached hydrogens (tertiary/aromatic N) is 2. The second-order valence-electron chi connectivity index (χ2n) is 6.48. The topological polar surface area (TPSA) is 27.1 Å². The number of hydrogen-bond acceptors (Lipinski definition) is 2. The molecule has 0 amide bonds. The van der Waals surface area contributed by atoms with Gasteiger partial charge in [-0.1, -0.05) is 13.8 Å². The third-order valence-electron chi connectivity index (χ3n) is 4.20. The van der Waals surface area contributed by atoms with Gasteiger partial charge in [-0.3, -0.25) is 0 Å². The van der Waals surface area contributed by atoms with E-state index in [1.165, 1.54) is 35.0 Å². The maximum atomic E-state index is 5.96. The number of hydrogen-bond donors (Lipinski definition) is 0. The molecule has 1 fully saturated rings. The summed E-state index contributed by atoms with van der Waals surface area (Å²) in [7, 11) is 0. The van der Waals surface area contributed by atoms with E-state index in [0.717, 1.165) is 24.9 Å². The number of fused-ring (bicyclic) bond motifs is 1. The molecule has 3 nitrogen and oxygen atoms in total. The molecule has 4 heteroatoms. The summed E-state index contributed by atoms with van der Waals surface area (Å²) in [6, 6.07) is 2.11. The third kappa shape index (κ3) is 3.18. The maximum Gasteiger partial charge on any atom is 0.238 e. The summed E-state index contributed by atoms with van der Waals surface area (Å²) in [6.45, 7) is 10.6. The lowest BCUT2D eigenvalue weighted by atomic mass is 10.2. The van der Waals surface area contributed by atoms with Crippen molar-refractivity contribution in [3.63, 3.8) is 0 Å². The summed E-state index contributed by atoms with van der Waals surface area (Å²) in [5.41, 5.74) is 3.90. The van der Waals surface area contributed by atoms with Gasteiger partial charge in [-0.2, -0.15) is 0 Å². The second-order valence-corrected chi connectivity index (χ2v) is 6.48. The summed E-state index contributed by atoms with van der Waals surface area (Å²) in [5.74, 6) is 2.16. The normalized spacial score (nSPS) is 14.5. The molecule has 3 rings (SSSR count). The lowest BCUT2D eigenvalue weighted by molar-refractivity contribution is 0.263. The van der Waals surface area contributed by atoms with Crippen LogP contribution in [0.25, 0.3) is 10.9 Å². The highest BCUT2D eigenvalue weighted by Crippen LogP contribution is 2.36. The number of halogens is 1. The SMILES string of the molecule is Cc1c(C)n(CC2CC2)c2c(OCC(C)C)nccc12.Cl. The lowest BCUT2D eigenvalue weighted by Gasteiger charge is -2.12. The predicted octanol–water partition coefficient (Wildman–Crippen LogP) is 4.52. The van der Waals surface area contributed by atoms with Gasteiger partial charge in [0, 0.05) is 23.8 Å². The van der Waals surface area contributed by atoms with Crippen LogP contribution in [0, 0.1) is 25.7 Å². The van der Waals surface area contributed by atoms with E-state index in [4.69, 9.17) is 4.74 Å². The van der Waals surface area contributed by atoms with Gasteiger partial charge in [0.15, 0.2) is 0 Å².